The summed E-state index contributed by atoms with van der Waals surface area (Å²) in [5, 5.41) is 0. The lowest BCUT2D eigenvalue weighted by molar-refractivity contribution is 0.332. The molecule has 0 unspecified atom stereocenters. The molecule has 0 spiro atoms. The Morgan fingerprint density at radius 3 is 1.64 bits per heavy atom. The molecule has 4 aliphatic rings. The van der Waals surface area contributed by atoms with Crippen LogP contribution in [-0.4, -0.2) is 6.71 Å². The maximum absolute atomic E-state index is 9.30. The van der Waals surface area contributed by atoms with Crippen LogP contribution in [0.2, 0.25) is 0 Å². The predicted octanol–water partition coefficient (Wildman–Crippen LogP) is 16.0. The van der Waals surface area contributed by atoms with Gasteiger partial charge in [-0.2, -0.15) is 0 Å². The molecule has 7 aromatic rings. The van der Waals surface area contributed by atoms with Gasteiger partial charge < -0.3 is 9.80 Å². The van der Waals surface area contributed by atoms with Gasteiger partial charge in [-0.3, -0.25) is 0 Å². The van der Waals surface area contributed by atoms with E-state index in [1.165, 1.54) is 55.4 Å². The second kappa shape index (κ2) is 15.1. The van der Waals surface area contributed by atoms with E-state index in [1.807, 2.05) is 12.1 Å². The highest BCUT2D eigenvalue weighted by Gasteiger charge is 2.49. The van der Waals surface area contributed by atoms with Crippen LogP contribution in [0.15, 0.2) is 133 Å². The molecule has 350 valence electrons. The molecule has 0 saturated carbocycles. The first-order valence-corrected chi connectivity index (χ1v) is 25.6. The fourth-order valence-electron chi connectivity index (χ4n) is 13.4. The van der Waals surface area contributed by atoms with Crippen molar-refractivity contribution in [3.05, 3.63) is 184 Å². The van der Waals surface area contributed by atoms with Gasteiger partial charge in [0, 0.05) is 43.5 Å². The summed E-state index contributed by atoms with van der Waals surface area (Å²) in [5.41, 5.74) is 22.3. The van der Waals surface area contributed by atoms with E-state index in [2.05, 4.69) is 228 Å². The van der Waals surface area contributed by atoms with E-state index in [0.717, 1.165) is 70.0 Å². The molecule has 2 aliphatic heterocycles. The van der Waals surface area contributed by atoms with Gasteiger partial charge in [0.05, 0.1) is 5.69 Å². The highest BCUT2D eigenvalue weighted by molar-refractivity contribution is 7.00. The van der Waals surface area contributed by atoms with Crippen molar-refractivity contribution in [2.24, 2.45) is 0 Å². The minimum atomic E-state index is -2.39. The summed E-state index contributed by atoms with van der Waals surface area (Å²) >= 11 is 0. The van der Waals surface area contributed by atoms with Gasteiger partial charge in [0.15, 0.2) is 0 Å². The van der Waals surface area contributed by atoms with Crippen molar-refractivity contribution in [1.82, 2.24) is 0 Å². The van der Waals surface area contributed by atoms with Crippen molar-refractivity contribution in [2.45, 2.75) is 156 Å². The van der Waals surface area contributed by atoms with Gasteiger partial charge in [-0.05, 0) is 175 Å². The molecule has 0 atom stereocenters. The highest BCUT2D eigenvalue weighted by Crippen LogP contribution is 2.55. The first-order valence-electron chi connectivity index (χ1n) is 27.1. The van der Waals surface area contributed by atoms with Crippen molar-refractivity contribution >= 4 is 57.2 Å². The Balaban J connectivity index is 1.30. The summed E-state index contributed by atoms with van der Waals surface area (Å²) in [6.07, 6.45) is 3.25. The van der Waals surface area contributed by atoms with Crippen LogP contribution < -0.4 is 26.2 Å². The van der Waals surface area contributed by atoms with Gasteiger partial charge >= 0.3 is 0 Å². The van der Waals surface area contributed by atoms with Gasteiger partial charge in [0.2, 0.25) is 0 Å². The van der Waals surface area contributed by atoms with Crippen LogP contribution in [0.25, 0.3) is 11.1 Å². The maximum Gasteiger partial charge on any atom is 0.252 e. The molecule has 0 aromatic heterocycles. The largest absolute Gasteiger partial charge is 0.311 e. The Morgan fingerprint density at radius 1 is 0.478 bits per heavy atom. The van der Waals surface area contributed by atoms with E-state index in [1.54, 1.807) is 0 Å². The molecule has 69 heavy (non-hydrogen) atoms. The third-order valence-electron chi connectivity index (χ3n) is 17.4. The summed E-state index contributed by atoms with van der Waals surface area (Å²) < 4.78 is 27.9. The fraction of sp³-hybridized carbons (Fsp3) is 0.364. The predicted molar refractivity (Wildman–Crippen MR) is 299 cm³/mol. The summed E-state index contributed by atoms with van der Waals surface area (Å²) in [6.45, 7) is 30.5. The minimum Gasteiger partial charge on any atom is -0.311 e. The Bertz CT molecular complexity index is 3350. The second-order valence-electron chi connectivity index (χ2n) is 25.5. The Labute approximate surface area is 419 Å². The van der Waals surface area contributed by atoms with Crippen LogP contribution in [-0.2, 0) is 32.5 Å². The smallest absolute Gasteiger partial charge is 0.252 e. The molecule has 0 fully saturated rings. The number of aryl methyl sites for hydroxylation is 2. The van der Waals surface area contributed by atoms with Gasteiger partial charge in [-0.1, -0.05) is 181 Å². The summed E-state index contributed by atoms with van der Waals surface area (Å²) in [5.74, 6) is 0. The lowest BCUT2D eigenvalue weighted by Gasteiger charge is -2.47. The van der Waals surface area contributed by atoms with E-state index in [4.69, 9.17) is 0 Å². The summed E-state index contributed by atoms with van der Waals surface area (Å²) in [7, 11) is 0. The lowest BCUT2D eigenvalue weighted by atomic mass is 9.33. The van der Waals surface area contributed by atoms with Crippen LogP contribution in [0, 0.1) is 13.8 Å². The van der Waals surface area contributed by atoms with E-state index in [9.17, 15) is 4.11 Å². The second-order valence-corrected chi connectivity index (χ2v) is 25.5. The lowest BCUT2D eigenvalue weighted by Crippen LogP contribution is -2.61. The van der Waals surface area contributed by atoms with Crippen molar-refractivity contribution in [2.75, 3.05) is 9.80 Å². The standard InChI is InChI=1S/C66H73BN2/c1-41-32-58-60-59(33-41)69(55-38-50-48(34-42(55)2)62(6,7)30-31-63(50,8)9)56-36-46(66(14,15)44-24-20-17-21-25-44)26-28-52(56)67(60)53-37-49-51(65(12,13)40-64(49,10)11)39-57(53)68(58)54-29-27-45(61(3,4)5)35-47(54)43-22-18-16-19-23-43/h16-29,32-39H,30-31,40H2,1-15H3/i1D3. The molecule has 2 heterocycles. The Kier molecular flexibility index (Phi) is 9.22. The summed E-state index contributed by atoms with van der Waals surface area (Å²) in [6, 6.07) is 50.0. The normalized spacial score (nSPS) is 18.8. The van der Waals surface area contributed by atoms with Gasteiger partial charge in [-0.15, -0.1) is 0 Å². The zero-order valence-corrected chi connectivity index (χ0v) is 43.8. The van der Waals surface area contributed by atoms with Crippen LogP contribution in [0.4, 0.5) is 34.1 Å². The van der Waals surface area contributed by atoms with Crippen LogP contribution in [0.1, 0.15) is 163 Å². The molecular formula is C66H73BN2. The number of hydrogen-bond donors (Lipinski definition) is 0. The average molecular weight is 908 g/mol. The third kappa shape index (κ3) is 7.02. The molecule has 0 radical (unpaired) electrons. The molecule has 0 amide bonds. The van der Waals surface area contributed by atoms with Crippen molar-refractivity contribution in [3.63, 3.8) is 0 Å². The molecule has 2 nitrogen and oxygen atoms in total. The summed E-state index contributed by atoms with van der Waals surface area (Å²) in [4.78, 5) is 4.96. The van der Waals surface area contributed by atoms with E-state index in [-0.39, 0.29) is 39.2 Å². The molecule has 0 saturated heterocycles. The molecule has 2 aliphatic carbocycles. The zero-order chi connectivity index (χ0) is 51.5. The molecular weight excluding hydrogens is 832 g/mol. The monoisotopic (exact) mass is 908 g/mol. The molecule has 0 bridgehead atoms. The zero-order valence-electron chi connectivity index (χ0n) is 46.8. The van der Waals surface area contributed by atoms with Crippen LogP contribution >= 0.6 is 0 Å². The van der Waals surface area contributed by atoms with Crippen LogP contribution in [0.5, 0.6) is 0 Å². The SMILES string of the molecule is [2H]C([2H])([2H])c1cc2c3c(c1)N(c1ccc(C(C)(C)C)cc1-c1ccccc1)c1cc4c(cc1B3c1ccc(C(C)(C)c3ccccc3)cc1N2c1cc2c(cc1C)C(C)(C)CCC2(C)C)C(C)(C)CC4(C)C. The van der Waals surface area contributed by atoms with Crippen molar-refractivity contribution < 1.29 is 4.11 Å². The number of benzene rings is 7. The fourth-order valence-corrected chi connectivity index (χ4v) is 13.4. The third-order valence-corrected chi connectivity index (χ3v) is 17.4. The number of fused-ring (bicyclic) bond motifs is 6. The number of rotatable bonds is 5. The maximum atomic E-state index is 9.30. The molecule has 3 heteroatoms. The topological polar surface area (TPSA) is 6.48 Å². The Morgan fingerprint density at radius 2 is 1.01 bits per heavy atom. The van der Waals surface area contributed by atoms with Gasteiger partial charge in [0.1, 0.15) is 0 Å². The molecule has 0 N–H and O–H groups in total. The number of nitrogens with zero attached hydrogens (tertiary/aromatic N) is 2. The van der Waals surface area contributed by atoms with E-state index < -0.39 is 6.85 Å². The Hall–Kier alpha value is -5.80. The molecule has 7 aromatic carbocycles. The highest BCUT2D eigenvalue weighted by atomic mass is 15.2. The van der Waals surface area contributed by atoms with Gasteiger partial charge in [-0.25, -0.2) is 0 Å². The van der Waals surface area contributed by atoms with Gasteiger partial charge in [0.25, 0.3) is 6.71 Å². The first kappa shape index (κ1) is 42.1. The first-order chi connectivity index (χ1) is 33.6. The minimum absolute atomic E-state index is 0.0259. The van der Waals surface area contributed by atoms with E-state index >= 15 is 0 Å². The van der Waals surface area contributed by atoms with Crippen molar-refractivity contribution in [3.8, 4) is 11.1 Å². The average Bonchev–Trinajstić information content (AvgIpc) is 3.50. The van der Waals surface area contributed by atoms with Crippen molar-refractivity contribution in [1.29, 1.82) is 0 Å². The number of hydrogen-bond acceptors (Lipinski definition) is 2. The van der Waals surface area contributed by atoms with Crippen LogP contribution in [0.3, 0.4) is 0 Å². The number of anilines is 6. The van der Waals surface area contributed by atoms with E-state index in [0.29, 0.717) is 5.56 Å². The molecule has 11 rings (SSSR count). The quantitative estimate of drug-likeness (QED) is 0.159.